The molecular weight excluding hydrogens is 292 g/mol. The summed E-state index contributed by atoms with van der Waals surface area (Å²) in [6.07, 6.45) is 0. The molecule has 5 heteroatoms. The second kappa shape index (κ2) is 6.52. The van der Waals surface area contributed by atoms with E-state index in [1.165, 1.54) is 0 Å². The number of anilines is 1. The van der Waals surface area contributed by atoms with Gasteiger partial charge in [0, 0.05) is 13.1 Å². The van der Waals surface area contributed by atoms with E-state index in [0.29, 0.717) is 30.1 Å². The fourth-order valence-electron chi connectivity index (χ4n) is 2.58. The molecule has 0 fully saturated rings. The van der Waals surface area contributed by atoms with Crippen molar-refractivity contribution in [1.29, 1.82) is 0 Å². The highest BCUT2D eigenvalue weighted by Crippen LogP contribution is 2.32. The van der Waals surface area contributed by atoms with Gasteiger partial charge in [0.15, 0.2) is 6.61 Å². The second-order valence-corrected chi connectivity index (χ2v) is 5.32. The van der Waals surface area contributed by atoms with E-state index in [9.17, 15) is 9.59 Å². The average Bonchev–Trinajstić information content (AvgIpc) is 2.59. The normalized spacial score (nSPS) is 12.8. The number of nitrogens with one attached hydrogen (secondary N) is 1. The van der Waals surface area contributed by atoms with Crippen molar-refractivity contribution >= 4 is 17.5 Å². The maximum Gasteiger partial charge on any atom is 0.262 e. The maximum absolute atomic E-state index is 12.9. The van der Waals surface area contributed by atoms with Gasteiger partial charge in [0.1, 0.15) is 5.75 Å². The van der Waals surface area contributed by atoms with Crippen molar-refractivity contribution in [2.24, 2.45) is 0 Å². The molecule has 3 rings (SSSR count). The fourth-order valence-corrected chi connectivity index (χ4v) is 2.58. The van der Waals surface area contributed by atoms with E-state index in [4.69, 9.17) is 4.74 Å². The average molecular weight is 310 g/mol. The molecule has 118 valence electrons. The molecule has 0 saturated heterocycles. The van der Waals surface area contributed by atoms with Crippen LogP contribution in [0.15, 0.2) is 48.5 Å². The summed E-state index contributed by atoms with van der Waals surface area (Å²) in [5.74, 6) is 0.161. The van der Waals surface area contributed by atoms with Crippen LogP contribution in [0.25, 0.3) is 0 Å². The predicted molar refractivity (Wildman–Crippen MR) is 87.4 cm³/mol. The lowest BCUT2D eigenvalue weighted by atomic mass is 10.1. The van der Waals surface area contributed by atoms with Crippen molar-refractivity contribution in [3.8, 4) is 5.75 Å². The van der Waals surface area contributed by atoms with Gasteiger partial charge in [-0.15, -0.1) is 0 Å². The number of nitrogens with zero attached hydrogens (tertiary/aromatic N) is 1. The lowest BCUT2D eigenvalue weighted by molar-refractivity contribution is -0.118. The largest absolute Gasteiger partial charge is 0.482 e. The zero-order valence-electron chi connectivity index (χ0n) is 12.9. The first-order chi connectivity index (χ1) is 11.2. The molecule has 0 saturated carbocycles. The Morgan fingerprint density at radius 2 is 1.96 bits per heavy atom. The lowest BCUT2D eigenvalue weighted by Crippen LogP contribution is -2.33. The molecule has 23 heavy (non-hydrogen) atoms. The van der Waals surface area contributed by atoms with Crippen molar-refractivity contribution in [2.75, 3.05) is 18.5 Å². The predicted octanol–water partition coefficient (Wildman–Crippen LogP) is 2.68. The van der Waals surface area contributed by atoms with Crippen LogP contribution in [0.4, 0.5) is 5.69 Å². The SMILES string of the molecule is CCN(Cc1ccccc1)C(=O)c1cccc2c1NC(=O)CO2. The molecule has 1 N–H and O–H groups in total. The molecule has 0 aromatic heterocycles. The van der Waals surface area contributed by atoms with Crippen molar-refractivity contribution in [3.05, 3.63) is 59.7 Å². The van der Waals surface area contributed by atoms with Crippen molar-refractivity contribution < 1.29 is 14.3 Å². The fraction of sp³-hybridized carbons (Fsp3) is 0.222. The molecule has 0 aliphatic carbocycles. The summed E-state index contributed by atoms with van der Waals surface area (Å²) in [5.41, 5.74) is 1.97. The van der Waals surface area contributed by atoms with E-state index >= 15 is 0 Å². The van der Waals surface area contributed by atoms with Gasteiger partial charge in [-0.1, -0.05) is 36.4 Å². The molecule has 0 radical (unpaired) electrons. The van der Waals surface area contributed by atoms with Gasteiger partial charge in [-0.25, -0.2) is 0 Å². The molecule has 2 aromatic rings. The third-order valence-corrected chi connectivity index (χ3v) is 3.77. The molecule has 1 aliphatic heterocycles. The van der Waals surface area contributed by atoms with Gasteiger partial charge in [0.25, 0.3) is 11.8 Å². The highest BCUT2D eigenvalue weighted by Gasteiger charge is 2.24. The Morgan fingerprint density at radius 1 is 1.17 bits per heavy atom. The Morgan fingerprint density at radius 3 is 2.70 bits per heavy atom. The molecule has 2 amide bonds. The molecule has 0 unspecified atom stereocenters. The number of hydrogen-bond donors (Lipinski definition) is 1. The van der Waals surface area contributed by atoms with E-state index in [2.05, 4.69) is 5.32 Å². The van der Waals surface area contributed by atoms with E-state index in [0.717, 1.165) is 5.56 Å². The Hall–Kier alpha value is -2.82. The molecule has 1 aliphatic rings. The number of rotatable bonds is 4. The number of ether oxygens (including phenoxy) is 1. The number of amides is 2. The molecule has 0 spiro atoms. The summed E-state index contributed by atoms with van der Waals surface area (Å²) < 4.78 is 5.38. The monoisotopic (exact) mass is 310 g/mol. The standard InChI is InChI=1S/C18H18N2O3/c1-2-20(11-13-7-4-3-5-8-13)18(22)14-9-6-10-15-17(14)19-16(21)12-23-15/h3-10H,2,11-12H2,1H3,(H,19,21). The van der Waals surface area contributed by atoms with Crippen LogP contribution in [0.1, 0.15) is 22.8 Å². The number of carbonyl (C=O) groups is 2. The zero-order valence-corrected chi connectivity index (χ0v) is 12.9. The zero-order chi connectivity index (χ0) is 16.2. The van der Waals surface area contributed by atoms with Crippen LogP contribution < -0.4 is 10.1 Å². The molecule has 0 bridgehead atoms. The topological polar surface area (TPSA) is 58.6 Å². The molecule has 0 atom stereocenters. The summed E-state index contributed by atoms with van der Waals surface area (Å²) in [6.45, 7) is 3.01. The summed E-state index contributed by atoms with van der Waals surface area (Å²) in [5, 5.41) is 2.74. The van der Waals surface area contributed by atoms with Crippen molar-refractivity contribution in [2.45, 2.75) is 13.5 Å². The Labute approximate surface area is 134 Å². The molecular formula is C18H18N2O3. The van der Waals surface area contributed by atoms with Crippen LogP contribution in [0.3, 0.4) is 0 Å². The van der Waals surface area contributed by atoms with E-state index in [1.54, 1.807) is 23.1 Å². The number of fused-ring (bicyclic) bond motifs is 1. The van der Waals surface area contributed by atoms with Crippen LogP contribution >= 0.6 is 0 Å². The van der Waals surface area contributed by atoms with Gasteiger partial charge >= 0.3 is 0 Å². The van der Waals surface area contributed by atoms with Crippen LogP contribution in [0.2, 0.25) is 0 Å². The Balaban J connectivity index is 1.88. The van der Waals surface area contributed by atoms with Crippen LogP contribution in [-0.4, -0.2) is 29.9 Å². The van der Waals surface area contributed by atoms with Gasteiger partial charge in [-0.3, -0.25) is 9.59 Å². The van der Waals surface area contributed by atoms with E-state index in [1.807, 2.05) is 37.3 Å². The number of carbonyl (C=O) groups excluding carboxylic acids is 2. The first-order valence-corrected chi connectivity index (χ1v) is 7.58. The van der Waals surface area contributed by atoms with Gasteiger partial charge in [0.05, 0.1) is 11.3 Å². The number of benzene rings is 2. The minimum Gasteiger partial charge on any atom is -0.482 e. The third kappa shape index (κ3) is 3.18. The molecule has 5 nitrogen and oxygen atoms in total. The van der Waals surface area contributed by atoms with Crippen LogP contribution in [0, 0.1) is 0 Å². The van der Waals surface area contributed by atoms with Crippen LogP contribution in [0.5, 0.6) is 5.75 Å². The van der Waals surface area contributed by atoms with Gasteiger partial charge in [0.2, 0.25) is 0 Å². The third-order valence-electron chi connectivity index (χ3n) is 3.77. The van der Waals surface area contributed by atoms with E-state index in [-0.39, 0.29) is 18.4 Å². The van der Waals surface area contributed by atoms with Crippen LogP contribution in [-0.2, 0) is 11.3 Å². The molecule has 1 heterocycles. The highest BCUT2D eigenvalue weighted by atomic mass is 16.5. The number of hydrogen-bond acceptors (Lipinski definition) is 3. The number of para-hydroxylation sites is 1. The minimum absolute atomic E-state index is 0.0217. The first-order valence-electron chi connectivity index (χ1n) is 7.58. The Bertz CT molecular complexity index is 728. The summed E-state index contributed by atoms with van der Waals surface area (Å²) in [4.78, 5) is 26.2. The highest BCUT2D eigenvalue weighted by molar-refractivity contribution is 6.06. The van der Waals surface area contributed by atoms with Gasteiger partial charge in [-0.2, -0.15) is 0 Å². The van der Waals surface area contributed by atoms with E-state index < -0.39 is 0 Å². The maximum atomic E-state index is 12.9. The summed E-state index contributed by atoms with van der Waals surface area (Å²) in [7, 11) is 0. The Kier molecular flexibility index (Phi) is 4.28. The summed E-state index contributed by atoms with van der Waals surface area (Å²) in [6, 6.07) is 15.0. The smallest absolute Gasteiger partial charge is 0.262 e. The van der Waals surface area contributed by atoms with Crippen molar-refractivity contribution in [3.63, 3.8) is 0 Å². The van der Waals surface area contributed by atoms with Gasteiger partial charge in [-0.05, 0) is 24.6 Å². The molecule has 2 aromatic carbocycles. The van der Waals surface area contributed by atoms with Crippen molar-refractivity contribution in [1.82, 2.24) is 4.90 Å². The summed E-state index contributed by atoms with van der Waals surface area (Å²) >= 11 is 0. The minimum atomic E-state index is -0.246. The first kappa shape index (κ1) is 15.1. The quantitative estimate of drug-likeness (QED) is 0.944. The van der Waals surface area contributed by atoms with Gasteiger partial charge < -0.3 is 15.0 Å². The lowest BCUT2D eigenvalue weighted by Gasteiger charge is -2.25. The second-order valence-electron chi connectivity index (χ2n) is 5.32.